The van der Waals surface area contributed by atoms with E-state index < -0.39 is 0 Å². The third kappa shape index (κ3) is 5.13. The first-order chi connectivity index (χ1) is 13.5. The second-order valence-electron chi connectivity index (χ2n) is 5.91. The molecule has 28 heavy (non-hydrogen) atoms. The second kappa shape index (κ2) is 10.2. The summed E-state index contributed by atoms with van der Waals surface area (Å²) < 4.78 is 8.51. The fourth-order valence-electron chi connectivity index (χ4n) is 2.64. The van der Waals surface area contributed by atoms with Crippen LogP contribution < -0.4 is 5.32 Å². The number of carbonyl (C=O) groups excluding carboxylic acids is 2. The number of fused-ring (bicyclic) bond motifs is 1. The summed E-state index contributed by atoms with van der Waals surface area (Å²) in [7, 11) is 3.37. The molecule has 1 aliphatic rings. The van der Waals surface area contributed by atoms with E-state index in [2.05, 4.69) is 20.6 Å². The summed E-state index contributed by atoms with van der Waals surface area (Å²) in [6.07, 6.45) is 2.19. The molecule has 3 heterocycles. The van der Waals surface area contributed by atoms with Crippen molar-refractivity contribution in [1.82, 2.24) is 34.8 Å². The Balaban J connectivity index is 0.000000878. The standard InChI is InChI=1S/C15H21N7O3.CH2O2/c1-20-5-6-22-12(15(20)24)9-11(19-22)14(23)16-4-3-13-18-17-10-21(13)7-8-25-2;2-1-3/h9-10H,3-8H2,1-2H3,(H,16,23);1H,(H,2,3). The van der Waals surface area contributed by atoms with Gasteiger partial charge in [0.15, 0.2) is 5.69 Å². The lowest BCUT2D eigenvalue weighted by Gasteiger charge is -2.22. The van der Waals surface area contributed by atoms with Gasteiger partial charge in [0.25, 0.3) is 18.3 Å². The molecule has 12 heteroatoms. The Morgan fingerprint density at radius 2 is 2.18 bits per heavy atom. The predicted octanol–water partition coefficient (Wildman–Crippen LogP) is -1.12. The van der Waals surface area contributed by atoms with Crippen molar-refractivity contribution in [2.45, 2.75) is 19.5 Å². The van der Waals surface area contributed by atoms with Crippen molar-refractivity contribution >= 4 is 18.3 Å². The van der Waals surface area contributed by atoms with Gasteiger partial charge in [-0.2, -0.15) is 5.10 Å². The molecule has 1 aliphatic heterocycles. The molecule has 0 aromatic carbocycles. The number of ether oxygens (including phenoxy) is 1. The maximum absolute atomic E-state index is 12.3. The number of nitrogens with zero attached hydrogens (tertiary/aromatic N) is 6. The molecule has 2 aromatic rings. The predicted molar refractivity (Wildman–Crippen MR) is 95.8 cm³/mol. The van der Waals surface area contributed by atoms with Crippen molar-refractivity contribution in [2.24, 2.45) is 0 Å². The molecule has 0 bridgehead atoms. The monoisotopic (exact) mass is 393 g/mol. The highest BCUT2D eigenvalue weighted by Crippen LogP contribution is 2.12. The number of methoxy groups -OCH3 is 1. The van der Waals surface area contributed by atoms with Crippen LogP contribution in [0, 0.1) is 0 Å². The molecule has 0 fully saturated rings. The Bertz CT molecular complexity index is 816. The molecule has 2 N–H and O–H groups in total. The number of hydrogen-bond donors (Lipinski definition) is 2. The smallest absolute Gasteiger partial charge is 0.290 e. The molecule has 0 atom stereocenters. The second-order valence-corrected chi connectivity index (χ2v) is 5.91. The lowest BCUT2D eigenvalue weighted by molar-refractivity contribution is -0.122. The van der Waals surface area contributed by atoms with Crippen LogP contribution in [0.2, 0.25) is 0 Å². The quantitative estimate of drug-likeness (QED) is 0.563. The maximum Gasteiger partial charge on any atom is 0.290 e. The number of likely N-dealkylation sites (N-methyl/N-ethyl adjacent to an activating group) is 1. The highest BCUT2D eigenvalue weighted by Gasteiger charge is 2.25. The summed E-state index contributed by atoms with van der Waals surface area (Å²) >= 11 is 0. The topological polar surface area (TPSA) is 144 Å². The molecular formula is C16H23N7O5. The van der Waals surface area contributed by atoms with Crippen LogP contribution in [0.4, 0.5) is 0 Å². The Hall–Kier alpha value is -3.28. The minimum atomic E-state index is -0.305. The number of aromatic nitrogens is 5. The fourth-order valence-corrected chi connectivity index (χ4v) is 2.64. The summed E-state index contributed by atoms with van der Waals surface area (Å²) in [5, 5.41) is 21.8. The molecular weight excluding hydrogens is 370 g/mol. The van der Waals surface area contributed by atoms with E-state index in [1.165, 1.54) is 6.07 Å². The van der Waals surface area contributed by atoms with E-state index in [1.54, 1.807) is 30.1 Å². The summed E-state index contributed by atoms with van der Waals surface area (Å²) in [4.78, 5) is 34.3. The van der Waals surface area contributed by atoms with E-state index in [-0.39, 0.29) is 24.0 Å². The van der Waals surface area contributed by atoms with E-state index in [4.69, 9.17) is 14.6 Å². The highest BCUT2D eigenvalue weighted by atomic mass is 16.5. The number of hydrogen-bond acceptors (Lipinski definition) is 7. The number of rotatable bonds is 7. The molecule has 3 rings (SSSR count). The Morgan fingerprint density at radius 3 is 2.89 bits per heavy atom. The van der Waals surface area contributed by atoms with Crippen molar-refractivity contribution in [3.05, 3.63) is 29.6 Å². The average Bonchev–Trinajstić information content (AvgIpc) is 3.31. The summed E-state index contributed by atoms with van der Waals surface area (Å²) in [6, 6.07) is 1.54. The Kier molecular flexibility index (Phi) is 7.63. The molecule has 2 amide bonds. The Labute approximate surface area is 161 Å². The van der Waals surface area contributed by atoms with Gasteiger partial charge in [0.2, 0.25) is 0 Å². The van der Waals surface area contributed by atoms with Gasteiger partial charge in [-0.25, -0.2) is 0 Å². The summed E-state index contributed by atoms with van der Waals surface area (Å²) in [6.45, 7) is 2.57. The molecule has 0 spiro atoms. The summed E-state index contributed by atoms with van der Waals surface area (Å²) in [5.41, 5.74) is 0.692. The lowest BCUT2D eigenvalue weighted by Crippen LogP contribution is -2.37. The van der Waals surface area contributed by atoms with Crippen LogP contribution in [0.5, 0.6) is 0 Å². The first kappa shape index (κ1) is 21.0. The van der Waals surface area contributed by atoms with Crippen LogP contribution in [0.3, 0.4) is 0 Å². The van der Waals surface area contributed by atoms with Gasteiger partial charge < -0.3 is 24.6 Å². The number of carboxylic acid groups (broad SMARTS) is 1. The average molecular weight is 393 g/mol. The van der Waals surface area contributed by atoms with Gasteiger partial charge in [-0.3, -0.25) is 19.1 Å². The summed E-state index contributed by atoms with van der Waals surface area (Å²) in [5.74, 6) is 0.350. The minimum Gasteiger partial charge on any atom is -0.483 e. The van der Waals surface area contributed by atoms with Crippen LogP contribution in [-0.4, -0.2) is 86.7 Å². The van der Waals surface area contributed by atoms with Gasteiger partial charge in [-0.1, -0.05) is 0 Å². The van der Waals surface area contributed by atoms with Gasteiger partial charge in [-0.05, 0) is 0 Å². The van der Waals surface area contributed by atoms with Gasteiger partial charge in [0.05, 0.1) is 13.2 Å². The van der Waals surface area contributed by atoms with Crippen molar-refractivity contribution in [3.63, 3.8) is 0 Å². The molecule has 152 valence electrons. The zero-order chi connectivity index (χ0) is 20.5. The van der Waals surface area contributed by atoms with Crippen LogP contribution in [-0.2, 0) is 29.0 Å². The number of nitrogens with one attached hydrogen (secondary N) is 1. The zero-order valence-corrected chi connectivity index (χ0v) is 15.7. The first-order valence-electron chi connectivity index (χ1n) is 8.56. The SMILES string of the molecule is COCCn1cnnc1CCNC(=O)c1cc2n(n1)CCN(C)C2=O.O=CO. The first-order valence-corrected chi connectivity index (χ1v) is 8.56. The molecule has 0 saturated heterocycles. The third-order valence-corrected chi connectivity index (χ3v) is 4.09. The highest BCUT2D eigenvalue weighted by molar-refractivity contribution is 5.98. The fraction of sp³-hybridized carbons (Fsp3) is 0.500. The normalized spacial score (nSPS) is 12.8. The molecule has 2 aromatic heterocycles. The van der Waals surface area contributed by atoms with Crippen molar-refractivity contribution in [3.8, 4) is 0 Å². The molecule has 12 nitrogen and oxygen atoms in total. The molecule has 0 aliphatic carbocycles. The van der Waals surface area contributed by atoms with E-state index in [9.17, 15) is 9.59 Å². The van der Waals surface area contributed by atoms with Crippen molar-refractivity contribution in [2.75, 3.05) is 33.9 Å². The number of amides is 2. The zero-order valence-electron chi connectivity index (χ0n) is 15.7. The van der Waals surface area contributed by atoms with Gasteiger partial charge in [0.1, 0.15) is 17.8 Å². The molecule has 0 unspecified atom stereocenters. The Morgan fingerprint density at radius 1 is 1.43 bits per heavy atom. The van der Waals surface area contributed by atoms with E-state index in [0.717, 1.165) is 5.82 Å². The van der Waals surface area contributed by atoms with E-state index in [0.29, 0.717) is 44.9 Å². The van der Waals surface area contributed by atoms with Crippen LogP contribution in [0.15, 0.2) is 12.4 Å². The minimum absolute atomic E-state index is 0.121. The maximum atomic E-state index is 12.3. The van der Waals surface area contributed by atoms with Crippen molar-refractivity contribution < 1.29 is 24.2 Å². The van der Waals surface area contributed by atoms with Gasteiger partial charge in [0, 0.05) is 46.3 Å². The van der Waals surface area contributed by atoms with Crippen molar-refractivity contribution in [1.29, 1.82) is 0 Å². The third-order valence-electron chi connectivity index (χ3n) is 4.09. The van der Waals surface area contributed by atoms with Gasteiger partial charge >= 0.3 is 0 Å². The van der Waals surface area contributed by atoms with Crippen LogP contribution in [0.25, 0.3) is 0 Å². The lowest BCUT2D eigenvalue weighted by atomic mass is 10.2. The van der Waals surface area contributed by atoms with Crippen LogP contribution >= 0.6 is 0 Å². The largest absolute Gasteiger partial charge is 0.483 e. The number of carbonyl (C=O) groups is 3. The van der Waals surface area contributed by atoms with E-state index in [1.807, 2.05) is 4.57 Å². The van der Waals surface area contributed by atoms with Gasteiger partial charge in [-0.15, -0.1) is 10.2 Å². The van der Waals surface area contributed by atoms with E-state index >= 15 is 0 Å². The van der Waals surface area contributed by atoms with Crippen LogP contribution in [0.1, 0.15) is 26.8 Å². The molecule has 0 saturated carbocycles. The molecule has 0 radical (unpaired) electrons.